The predicted octanol–water partition coefficient (Wildman–Crippen LogP) is 2.59. The van der Waals surface area contributed by atoms with Crippen molar-refractivity contribution in [1.29, 1.82) is 0 Å². The van der Waals surface area contributed by atoms with Crippen LogP contribution >= 0.6 is 0 Å². The Morgan fingerprint density at radius 2 is 1.87 bits per heavy atom. The molecule has 0 unspecified atom stereocenters. The second kappa shape index (κ2) is 8.03. The number of rotatable bonds is 6. The third-order valence-corrected chi connectivity index (χ3v) is 5.47. The van der Waals surface area contributed by atoms with E-state index < -0.39 is 15.7 Å². The number of anilines is 1. The molecule has 0 saturated heterocycles. The maximum atomic E-state index is 12.7. The Kier molecular flexibility index (Phi) is 5.26. The number of benzene rings is 1. The van der Waals surface area contributed by atoms with Crippen LogP contribution < -0.4 is 10.1 Å². The normalized spacial score (nSPS) is 11.3. The molecule has 4 rings (SSSR count). The lowest BCUT2D eigenvalue weighted by Crippen LogP contribution is -2.17. The number of methoxy groups -OCH3 is 1. The second-order valence-electron chi connectivity index (χ2n) is 6.47. The van der Waals surface area contributed by atoms with Gasteiger partial charge in [0.1, 0.15) is 23.4 Å². The van der Waals surface area contributed by atoms with Crippen LogP contribution in [-0.4, -0.2) is 47.4 Å². The first kappa shape index (κ1) is 20.3. The van der Waals surface area contributed by atoms with Crippen molar-refractivity contribution in [2.24, 2.45) is 0 Å². The van der Waals surface area contributed by atoms with E-state index in [1.54, 1.807) is 37.6 Å². The van der Waals surface area contributed by atoms with E-state index in [0.717, 1.165) is 6.26 Å². The highest BCUT2D eigenvalue weighted by atomic mass is 32.2. The SMILES string of the molecule is COc1ccnc(-c2coc(NC(=O)c3ccnn3-c3ccc(S(C)(=O)=O)cc3)n2)c1. The molecule has 158 valence electrons. The van der Waals surface area contributed by atoms with E-state index in [4.69, 9.17) is 9.15 Å². The van der Waals surface area contributed by atoms with Crippen LogP contribution in [0.1, 0.15) is 10.5 Å². The van der Waals surface area contributed by atoms with Crippen LogP contribution in [0.25, 0.3) is 17.1 Å². The number of amides is 1. The number of hydrogen-bond donors (Lipinski definition) is 1. The first-order valence-electron chi connectivity index (χ1n) is 8.97. The van der Waals surface area contributed by atoms with Gasteiger partial charge in [0.05, 0.1) is 29.6 Å². The third-order valence-electron chi connectivity index (χ3n) is 4.34. The van der Waals surface area contributed by atoms with Crippen LogP contribution in [-0.2, 0) is 9.84 Å². The van der Waals surface area contributed by atoms with E-state index in [9.17, 15) is 13.2 Å². The van der Waals surface area contributed by atoms with Crippen molar-refractivity contribution in [3.8, 4) is 22.8 Å². The molecule has 3 heterocycles. The van der Waals surface area contributed by atoms with Gasteiger partial charge in [-0.3, -0.25) is 15.1 Å². The fourth-order valence-electron chi connectivity index (χ4n) is 2.80. The van der Waals surface area contributed by atoms with Gasteiger partial charge in [0, 0.05) is 18.5 Å². The number of nitrogens with zero attached hydrogens (tertiary/aromatic N) is 4. The lowest BCUT2D eigenvalue weighted by atomic mass is 10.3. The Balaban J connectivity index is 1.54. The Bertz CT molecular complexity index is 1340. The van der Waals surface area contributed by atoms with Gasteiger partial charge in [0.15, 0.2) is 9.84 Å². The quantitative estimate of drug-likeness (QED) is 0.485. The molecule has 0 aliphatic carbocycles. The third kappa shape index (κ3) is 4.31. The summed E-state index contributed by atoms with van der Waals surface area (Å²) in [5.41, 5.74) is 1.70. The van der Waals surface area contributed by atoms with E-state index in [-0.39, 0.29) is 16.6 Å². The van der Waals surface area contributed by atoms with Gasteiger partial charge < -0.3 is 9.15 Å². The van der Waals surface area contributed by atoms with Gasteiger partial charge in [0.25, 0.3) is 5.91 Å². The number of hydrogen-bond acceptors (Lipinski definition) is 8. The van der Waals surface area contributed by atoms with Gasteiger partial charge in [-0.25, -0.2) is 13.1 Å². The maximum Gasteiger partial charge on any atom is 0.302 e. The molecule has 1 N–H and O–H groups in total. The van der Waals surface area contributed by atoms with Crippen molar-refractivity contribution in [3.63, 3.8) is 0 Å². The summed E-state index contributed by atoms with van der Waals surface area (Å²) in [7, 11) is -1.78. The summed E-state index contributed by atoms with van der Waals surface area (Å²) in [6.45, 7) is 0. The van der Waals surface area contributed by atoms with E-state index in [1.807, 2.05) is 0 Å². The summed E-state index contributed by atoms with van der Waals surface area (Å²) < 4.78 is 35.2. The first-order valence-corrected chi connectivity index (χ1v) is 10.9. The summed E-state index contributed by atoms with van der Waals surface area (Å²) in [6, 6.07) is 11.0. The Labute approximate surface area is 177 Å². The molecule has 11 heteroatoms. The fourth-order valence-corrected chi connectivity index (χ4v) is 3.43. The van der Waals surface area contributed by atoms with Gasteiger partial charge >= 0.3 is 6.01 Å². The average Bonchev–Trinajstić information content (AvgIpc) is 3.43. The molecule has 1 aromatic carbocycles. The van der Waals surface area contributed by atoms with Gasteiger partial charge in [-0.15, -0.1) is 0 Å². The lowest BCUT2D eigenvalue weighted by Gasteiger charge is -2.07. The number of carbonyl (C=O) groups is 1. The summed E-state index contributed by atoms with van der Waals surface area (Å²) in [6.07, 6.45) is 5.54. The van der Waals surface area contributed by atoms with E-state index in [0.29, 0.717) is 22.8 Å². The zero-order valence-corrected chi connectivity index (χ0v) is 17.3. The minimum absolute atomic E-state index is 0.00945. The molecule has 0 fully saturated rings. The Morgan fingerprint density at radius 1 is 1.10 bits per heavy atom. The minimum atomic E-state index is -3.32. The molecule has 1 amide bonds. The molecular formula is C20H17N5O5S. The van der Waals surface area contributed by atoms with E-state index in [2.05, 4.69) is 20.4 Å². The molecule has 0 aliphatic heterocycles. The molecule has 3 aromatic heterocycles. The van der Waals surface area contributed by atoms with Crippen LogP contribution in [0.3, 0.4) is 0 Å². The fraction of sp³-hybridized carbons (Fsp3) is 0.100. The van der Waals surface area contributed by atoms with Crippen LogP contribution in [0.5, 0.6) is 5.75 Å². The zero-order valence-electron chi connectivity index (χ0n) is 16.5. The highest BCUT2D eigenvalue weighted by molar-refractivity contribution is 7.90. The molecule has 0 spiro atoms. The van der Waals surface area contributed by atoms with Gasteiger partial charge in [-0.2, -0.15) is 10.1 Å². The van der Waals surface area contributed by atoms with E-state index >= 15 is 0 Å². The van der Waals surface area contributed by atoms with Gasteiger partial charge in [-0.1, -0.05) is 0 Å². The number of sulfone groups is 1. The van der Waals surface area contributed by atoms with Crippen molar-refractivity contribution in [2.75, 3.05) is 18.7 Å². The highest BCUT2D eigenvalue weighted by Crippen LogP contribution is 2.23. The predicted molar refractivity (Wildman–Crippen MR) is 111 cm³/mol. The van der Waals surface area contributed by atoms with Crippen LogP contribution in [0.15, 0.2) is 70.4 Å². The number of pyridine rings is 1. The monoisotopic (exact) mass is 439 g/mol. The Hall–Kier alpha value is -3.99. The van der Waals surface area contributed by atoms with Crippen molar-refractivity contribution >= 4 is 21.8 Å². The number of aromatic nitrogens is 4. The van der Waals surface area contributed by atoms with E-state index in [1.165, 1.54) is 35.3 Å². The summed E-state index contributed by atoms with van der Waals surface area (Å²) in [4.78, 5) is 21.4. The summed E-state index contributed by atoms with van der Waals surface area (Å²) in [5.74, 6) is 0.112. The molecule has 0 bridgehead atoms. The van der Waals surface area contributed by atoms with Gasteiger partial charge in [-0.05, 0) is 36.4 Å². The molecular weight excluding hydrogens is 422 g/mol. The van der Waals surface area contributed by atoms with Crippen LogP contribution in [0, 0.1) is 0 Å². The topological polar surface area (TPSA) is 129 Å². The molecule has 0 saturated carbocycles. The molecule has 0 aliphatic rings. The smallest absolute Gasteiger partial charge is 0.302 e. The van der Waals surface area contributed by atoms with Gasteiger partial charge in [0.2, 0.25) is 0 Å². The number of nitrogens with one attached hydrogen (secondary N) is 1. The summed E-state index contributed by atoms with van der Waals surface area (Å²) in [5, 5.41) is 6.72. The average molecular weight is 439 g/mol. The molecule has 0 radical (unpaired) electrons. The zero-order chi connectivity index (χ0) is 22.0. The van der Waals surface area contributed by atoms with Crippen LogP contribution in [0.2, 0.25) is 0 Å². The first-order chi connectivity index (χ1) is 14.8. The molecule has 31 heavy (non-hydrogen) atoms. The van der Waals surface area contributed by atoms with Crippen molar-refractivity contribution in [1.82, 2.24) is 19.7 Å². The highest BCUT2D eigenvalue weighted by Gasteiger charge is 2.17. The van der Waals surface area contributed by atoms with Crippen molar-refractivity contribution in [3.05, 3.63) is 66.8 Å². The lowest BCUT2D eigenvalue weighted by molar-refractivity contribution is 0.101. The van der Waals surface area contributed by atoms with Crippen molar-refractivity contribution < 1.29 is 22.4 Å². The Morgan fingerprint density at radius 3 is 2.58 bits per heavy atom. The standard InChI is InChI=1S/C20H17N5O5S/c1-29-14-7-9-21-16(11-14)17-12-30-20(23-17)24-19(26)18-8-10-22-25(18)13-3-5-15(6-4-13)31(2,27)28/h3-12H,1-2H3,(H,23,24,26). The number of ether oxygens (including phenoxy) is 1. The van der Waals surface area contributed by atoms with Crippen molar-refractivity contribution in [2.45, 2.75) is 4.90 Å². The summed E-state index contributed by atoms with van der Waals surface area (Å²) >= 11 is 0. The maximum absolute atomic E-state index is 12.7. The minimum Gasteiger partial charge on any atom is -0.497 e. The molecule has 4 aromatic rings. The molecule has 0 atom stereocenters. The largest absolute Gasteiger partial charge is 0.497 e. The second-order valence-corrected chi connectivity index (χ2v) is 8.48. The number of oxazole rings is 1. The number of carbonyl (C=O) groups excluding carboxylic acids is 1. The van der Waals surface area contributed by atoms with Crippen LogP contribution in [0.4, 0.5) is 6.01 Å². The molecule has 10 nitrogen and oxygen atoms in total.